The zero-order valence-electron chi connectivity index (χ0n) is 14.8. The van der Waals surface area contributed by atoms with E-state index in [1.54, 1.807) is 0 Å². The van der Waals surface area contributed by atoms with Gasteiger partial charge < -0.3 is 9.47 Å². The highest BCUT2D eigenvalue weighted by molar-refractivity contribution is 7.99. The molecule has 2 aliphatic heterocycles. The summed E-state index contributed by atoms with van der Waals surface area (Å²) in [6, 6.07) is 15.2. The fourth-order valence-corrected chi connectivity index (χ4v) is 4.47. The molecule has 0 radical (unpaired) electrons. The van der Waals surface area contributed by atoms with E-state index in [2.05, 4.69) is 70.2 Å². The van der Waals surface area contributed by atoms with E-state index >= 15 is 0 Å². The Labute approximate surface area is 148 Å². The fraction of sp³-hybridized carbons (Fsp3) is 0.429. The van der Waals surface area contributed by atoms with Gasteiger partial charge in [-0.2, -0.15) is 0 Å². The Hall–Kier alpha value is -1.29. The van der Waals surface area contributed by atoms with Crippen LogP contribution in [-0.4, -0.2) is 13.2 Å². The molecule has 126 valence electrons. The number of rotatable bonds is 1. The van der Waals surface area contributed by atoms with Gasteiger partial charge in [0.2, 0.25) is 5.79 Å². The summed E-state index contributed by atoms with van der Waals surface area (Å²) in [5, 5.41) is 0. The molecule has 2 aliphatic rings. The van der Waals surface area contributed by atoms with Crippen LogP contribution in [0, 0.1) is 5.41 Å². The molecule has 2 aromatic carbocycles. The maximum absolute atomic E-state index is 6.47. The van der Waals surface area contributed by atoms with Crippen LogP contribution in [0.4, 0.5) is 0 Å². The highest BCUT2D eigenvalue weighted by Gasteiger charge is 2.48. The van der Waals surface area contributed by atoms with Crippen molar-refractivity contribution in [3.05, 3.63) is 59.2 Å². The van der Waals surface area contributed by atoms with Crippen LogP contribution in [0.2, 0.25) is 0 Å². The van der Waals surface area contributed by atoms with E-state index in [0.717, 1.165) is 11.1 Å². The van der Waals surface area contributed by atoms with E-state index in [1.165, 1.54) is 15.4 Å². The van der Waals surface area contributed by atoms with Gasteiger partial charge in [-0.1, -0.05) is 63.7 Å². The Bertz CT molecular complexity index is 769. The Morgan fingerprint density at radius 2 is 1.58 bits per heavy atom. The number of benzene rings is 2. The minimum atomic E-state index is -0.766. The quantitative estimate of drug-likeness (QED) is 0.678. The summed E-state index contributed by atoms with van der Waals surface area (Å²) in [6.45, 7) is 10.2. The van der Waals surface area contributed by atoms with Crippen LogP contribution in [0.25, 0.3) is 0 Å². The van der Waals surface area contributed by atoms with Gasteiger partial charge in [-0.3, -0.25) is 0 Å². The number of ether oxygens (including phenoxy) is 2. The first-order chi connectivity index (χ1) is 11.4. The normalized spacial score (nSPS) is 20.7. The Morgan fingerprint density at radius 1 is 0.917 bits per heavy atom. The Balaban J connectivity index is 1.90. The van der Waals surface area contributed by atoms with Crippen molar-refractivity contribution < 1.29 is 9.47 Å². The highest BCUT2D eigenvalue weighted by Crippen LogP contribution is 2.53. The summed E-state index contributed by atoms with van der Waals surface area (Å²) in [5.41, 5.74) is 3.66. The summed E-state index contributed by atoms with van der Waals surface area (Å²) in [4.78, 5) is 2.46. The van der Waals surface area contributed by atoms with Crippen molar-refractivity contribution in [2.75, 3.05) is 13.2 Å². The van der Waals surface area contributed by atoms with Gasteiger partial charge in [-0.15, -0.1) is 0 Å². The summed E-state index contributed by atoms with van der Waals surface area (Å²) in [6.07, 6.45) is 0. The van der Waals surface area contributed by atoms with Gasteiger partial charge in [0.05, 0.1) is 13.2 Å². The minimum Gasteiger partial charge on any atom is -0.341 e. The summed E-state index contributed by atoms with van der Waals surface area (Å²) >= 11 is 1.81. The van der Waals surface area contributed by atoms with Crippen LogP contribution >= 0.6 is 11.8 Å². The SMILES string of the molecule is CC(C)c1ccc2c(c1)C1(OCC(C)(C)CO1)c1ccccc1S2. The Kier molecular flexibility index (Phi) is 3.79. The maximum Gasteiger partial charge on any atom is 0.224 e. The smallest absolute Gasteiger partial charge is 0.224 e. The molecule has 0 amide bonds. The lowest BCUT2D eigenvalue weighted by Crippen LogP contribution is -2.47. The topological polar surface area (TPSA) is 18.5 Å². The van der Waals surface area contributed by atoms with E-state index in [0.29, 0.717) is 19.1 Å². The molecule has 1 saturated heterocycles. The van der Waals surface area contributed by atoms with Crippen molar-refractivity contribution in [1.29, 1.82) is 0 Å². The van der Waals surface area contributed by atoms with Crippen LogP contribution in [0.5, 0.6) is 0 Å². The molecule has 1 spiro atoms. The van der Waals surface area contributed by atoms with Crippen molar-refractivity contribution in [1.82, 2.24) is 0 Å². The van der Waals surface area contributed by atoms with Crippen molar-refractivity contribution in [3.63, 3.8) is 0 Å². The number of hydrogen-bond acceptors (Lipinski definition) is 3. The lowest BCUT2D eigenvalue weighted by Gasteiger charge is -2.46. The lowest BCUT2D eigenvalue weighted by atomic mass is 9.88. The second-order valence-corrected chi connectivity index (χ2v) is 8.95. The van der Waals surface area contributed by atoms with E-state index in [-0.39, 0.29) is 5.41 Å². The van der Waals surface area contributed by atoms with Gasteiger partial charge in [-0.05, 0) is 29.7 Å². The van der Waals surface area contributed by atoms with Gasteiger partial charge >= 0.3 is 0 Å². The predicted molar refractivity (Wildman–Crippen MR) is 97.6 cm³/mol. The van der Waals surface area contributed by atoms with Gasteiger partial charge in [-0.25, -0.2) is 0 Å². The van der Waals surface area contributed by atoms with E-state index < -0.39 is 5.79 Å². The highest BCUT2D eigenvalue weighted by atomic mass is 32.2. The first-order valence-corrected chi connectivity index (χ1v) is 9.43. The zero-order chi connectivity index (χ0) is 16.9. The minimum absolute atomic E-state index is 0.0423. The molecule has 0 aromatic heterocycles. The largest absolute Gasteiger partial charge is 0.341 e. The second kappa shape index (κ2) is 5.62. The molecule has 0 saturated carbocycles. The molecular formula is C21H24O2S. The summed E-state index contributed by atoms with van der Waals surface area (Å²) in [5.74, 6) is -0.285. The molecule has 4 rings (SSSR count). The standard InChI is InChI=1S/C21H24O2S/c1-14(2)15-9-10-19-17(11-15)21(22-12-20(3,4)13-23-21)16-7-5-6-8-18(16)24-19/h5-11,14H,12-13H2,1-4H3. The zero-order valence-corrected chi connectivity index (χ0v) is 15.6. The lowest BCUT2D eigenvalue weighted by molar-refractivity contribution is -0.287. The predicted octanol–water partition coefficient (Wildman–Crippen LogP) is 5.55. The van der Waals surface area contributed by atoms with Crippen LogP contribution in [-0.2, 0) is 15.3 Å². The fourth-order valence-electron chi connectivity index (χ4n) is 3.33. The first-order valence-electron chi connectivity index (χ1n) is 8.61. The van der Waals surface area contributed by atoms with Gasteiger partial charge in [0, 0.05) is 26.3 Å². The third kappa shape index (κ3) is 2.50. The summed E-state index contributed by atoms with van der Waals surface area (Å²) < 4.78 is 12.9. The van der Waals surface area contributed by atoms with Crippen LogP contribution in [0.3, 0.4) is 0 Å². The van der Waals surface area contributed by atoms with E-state index in [4.69, 9.17) is 9.47 Å². The molecule has 0 N–H and O–H groups in total. The maximum atomic E-state index is 6.47. The van der Waals surface area contributed by atoms with Crippen LogP contribution < -0.4 is 0 Å². The summed E-state index contributed by atoms with van der Waals surface area (Å²) in [7, 11) is 0. The molecule has 24 heavy (non-hydrogen) atoms. The molecule has 2 heterocycles. The third-order valence-electron chi connectivity index (χ3n) is 4.82. The molecule has 0 bridgehead atoms. The van der Waals surface area contributed by atoms with E-state index in [1.807, 2.05) is 11.8 Å². The van der Waals surface area contributed by atoms with Crippen LogP contribution in [0.15, 0.2) is 52.3 Å². The van der Waals surface area contributed by atoms with E-state index in [9.17, 15) is 0 Å². The first kappa shape index (κ1) is 16.2. The average Bonchev–Trinajstić information content (AvgIpc) is 2.57. The number of hydrogen-bond donors (Lipinski definition) is 0. The second-order valence-electron chi connectivity index (χ2n) is 7.87. The third-order valence-corrected chi connectivity index (χ3v) is 5.97. The number of fused-ring (bicyclic) bond motifs is 4. The molecular weight excluding hydrogens is 316 g/mol. The van der Waals surface area contributed by atoms with Crippen molar-refractivity contribution in [2.24, 2.45) is 5.41 Å². The van der Waals surface area contributed by atoms with Crippen molar-refractivity contribution in [3.8, 4) is 0 Å². The molecule has 3 heteroatoms. The van der Waals surface area contributed by atoms with Crippen LogP contribution in [0.1, 0.15) is 50.3 Å². The average molecular weight is 340 g/mol. The van der Waals surface area contributed by atoms with Gasteiger partial charge in [0.1, 0.15) is 0 Å². The van der Waals surface area contributed by atoms with Crippen molar-refractivity contribution >= 4 is 11.8 Å². The monoisotopic (exact) mass is 340 g/mol. The molecule has 0 atom stereocenters. The molecule has 2 nitrogen and oxygen atoms in total. The Morgan fingerprint density at radius 3 is 2.29 bits per heavy atom. The molecule has 1 fully saturated rings. The molecule has 0 aliphatic carbocycles. The van der Waals surface area contributed by atoms with Gasteiger partial charge in [0.15, 0.2) is 0 Å². The van der Waals surface area contributed by atoms with Gasteiger partial charge in [0.25, 0.3) is 0 Å². The molecule has 0 unspecified atom stereocenters. The van der Waals surface area contributed by atoms with Crippen molar-refractivity contribution in [2.45, 2.75) is 49.2 Å². The molecule has 2 aromatic rings.